The van der Waals surface area contributed by atoms with Gasteiger partial charge < -0.3 is 15.5 Å². The summed E-state index contributed by atoms with van der Waals surface area (Å²) in [6.07, 6.45) is 3.39. The third-order valence-corrected chi connectivity index (χ3v) is 2.55. The number of rotatable bonds is 2. The zero-order valence-electron chi connectivity index (χ0n) is 11.0. The molecule has 0 atom stereocenters. The Morgan fingerprint density at radius 3 is 2.50 bits per heavy atom. The van der Waals surface area contributed by atoms with Gasteiger partial charge in [-0.2, -0.15) is 0 Å². The number of aromatic nitrogens is 2. The zero-order chi connectivity index (χ0) is 13.2. The van der Waals surface area contributed by atoms with Gasteiger partial charge in [0.05, 0.1) is 6.04 Å². The van der Waals surface area contributed by atoms with Gasteiger partial charge in [0.25, 0.3) is 0 Å². The first-order valence-electron chi connectivity index (χ1n) is 6.05. The van der Waals surface area contributed by atoms with E-state index in [-0.39, 0.29) is 17.6 Å². The van der Waals surface area contributed by atoms with Crippen LogP contribution in [-0.2, 0) is 0 Å². The van der Waals surface area contributed by atoms with Crippen molar-refractivity contribution in [3.63, 3.8) is 0 Å². The Morgan fingerprint density at radius 1 is 1.33 bits per heavy atom. The topological polar surface area (TPSA) is 70.2 Å². The average Bonchev–Trinajstić information content (AvgIpc) is 2.21. The molecule has 2 amide bonds. The molecule has 6 heteroatoms. The molecule has 6 nitrogen and oxygen atoms in total. The van der Waals surface area contributed by atoms with Crippen molar-refractivity contribution in [2.24, 2.45) is 0 Å². The van der Waals surface area contributed by atoms with Gasteiger partial charge in [0.15, 0.2) is 0 Å². The summed E-state index contributed by atoms with van der Waals surface area (Å²) in [6, 6.07) is 1.99. The third-order valence-electron chi connectivity index (χ3n) is 2.55. The Kier molecular flexibility index (Phi) is 3.36. The summed E-state index contributed by atoms with van der Waals surface area (Å²) < 4.78 is 0. The van der Waals surface area contributed by atoms with E-state index in [0.29, 0.717) is 19.0 Å². The highest BCUT2D eigenvalue weighted by Gasteiger charge is 2.32. The largest absolute Gasteiger partial charge is 0.348 e. The second-order valence-corrected chi connectivity index (χ2v) is 5.50. The Balaban J connectivity index is 1.76. The van der Waals surface area contributed by atoms with Gasteiger partial charge >= 0.3 is 6.03 Å². The third kappa shape index (κ3) is 3.32. The van der Waals surface area contributed by atoms with E-state index in [0.717, 1.165) is 0 Å². The molecule has 2 N–H and O–H groups in total. The summed E-state index contributed by atoms with van der Waals surface area (Å²) in [6.45, 7) is 7.27. The van der Waals surface area contributed by atoms with Crippen molar-refractivity contribution >= 4 is 12.0 Å². The molecule has 2 heterocycles. The van der Waals surface area contributed by atoms with Crippen molar-refractivity contribution in [1.82, 2.24) is 20.2 Å². The predicted octanol–water partition coefficient (Wildman–Crippen LogP) is 1.08. The molecule has 0 bridgehead atoms. The van der Waals surface area contributed by atoms with E-state index in [1.807, 2.05) is 20.8 Å². The number of anilines is 1. The molecule has 0 aliphatic carbocycles. The van der Waals surface area contributed by atoms with Crippen molar-refractivity contribution in [2.75, 3.05) is 18.4 Å². The minimum absolute atomic E-state index is 0.0190. The van der Waals surface area contributed by atoms with Crippen LogP contribution >= 0.6 is 0 Å². The number of nitrogens with zero attached hydrogens (tertiary/aromatic N) is 3. The van der Waals surface area contributed by atoms with Gasteiger partial charge in [0.2, 0.25) is 5.95 Å². The fourth-order valence-corrected chi connectivity index (χ4v) is 1.69. The maximum Gasteiger partial charge on any atom is 0.317 e. The van der Waals surface area contributed by atoms with E-state index in [4.69, 9.17) is 0 Å². The van der Waals surface area contributed by atoms with Crippen molar-refractivity contribution in [3.05, 3.63) is 18.5 Å². The van der Waals surface area contributed by atoms with Crippen LogP contribution < -0.4 is 10.6 Å². The Bertz CT molecular complexity index is 408. The van der Waals surface area contributed by atoms with Crippen molar-refractivity contribution < 1.29 is 4.79 Å². The molecule has 0 unspecified atom stereocenters. The van der Waals surface area contributed by atoms with Crippen molar-refractivity contribution in [1.29, 1.82) is 0 Å². The van der Waals surface area contributed by atoms with Crippen LogP contribution in [0.4, 0.5) is 10.7 Å². The second-order valence-electron chi connectivity index (χ2n) is 5.50. The average molecular weight is 249 g/mol. The monoisotopic (exact) mass is 249 g/mol. The zero-order valence-corrected chi connectivity index (χ0v) is 11.0. The highest BCUT2D eigenvalue weighted by Crippen LogP contribution is 2.13. The number of carbonyl (C=O) groups is 1. The second kappa shape index (κ2) is 4.80. The fourth-order valence-electron chi connectivity index (χ4n) is 1.69. The number of hydrogen-bond donors (Lipinski definition) is 2. The molecule has 1 fully saturated rings. The molecular weight excluding hydrogens is 230 g/mol. The van der Waals surface area contributed by atoms with Crippen LogP contribution in [0.2, 0.25) is 0 Å². The van der Waals surface area contributed by atoms with E-state index in [9.17, 15) is 4.79 Å². The summed E-state index contributed by atoms with van der Waals surface area (Å²) in [4.78, 5) is 21.7. The molecule has 1 aromatic rings. The van der Waals surface area contributed by atoms with Crippen LogP contribution in [0.3, 0.4) is 0 Å². The minimum Gasteiger partial charge on any atom is -0.348 e. The van der Waals surface area contributed by atoms with Gasteiger partial charge in [0, 0.05) is 31.0 Å². The first-order chi connectivity index (χ1) is 8.44. The SMILES string of the molecule is CC(C)(C)NC(=O)N1CC(Nc2ncccn2)C1. The predicted molar refractivity (Wildman–Crippen MR) is 69.3 cm³/mol. The van der Waals surface area contributed by atoms with Crippen LogP contribution in [0, 0.1) is 0 Å². The molecule has 1 saturated heterocycles. The van der Waals surface area contributed by atoms with Crippen molar-refractivity contribution in [3.8, 4) is 0 Å². The molecule has 0 saturated carbocycles. The van der Waals surface area contributed by atoms with E-state index < -0.39 is 0 Å². The number of likely N-dealkylation sites (tertiary alicyclic amines) is 1. The Hall–Kier alpha value is -1.85. The lowest BCUT2D eigenvalue weighted by atomic mass is 10.1. The molecule has 18 heavy (non-hydrogen) atoms. The van der Waals surface area contributed by atoms with Crippen LogP contribution in [0.1, 0.15) is 20.8 Å². The van der Waals surface area contributed by atoms with Gasteiger partial charge in [0.1, 0.15) is 0 Å². The molecule has 1 aromatic heterocycles. The van der Waals surface area contributed by atoms with Gasteiger partial charge in [-0.3, -0.25) is 0 Å². The van der Waals surface area contributed by atoms with Gasteiger partial charge in [-0.1, -0.05) is 0 Å². The molecule has 1 aliphatic rings. The lowest BCUT2D eigenvalue weighted by Crippen LogP contribution is -2.61. The van der Waals surface area contributed by atoms with Gasteiger partial charge in [-0.05, 0) is 26.8 Å². The summed E-state index contributed by atoms with van der Waals surface area (Å²) in [5.74, 6) is 0.610. The van der Waals surface area contributed by atoms with E-state index in [1.165, 1.54) is 0 Å². The van der Waals surface area contributed by atoms with E-state index >= 15 is 0 Å². The number of urea groups is 1. The van der Waals surface area contributed by atoms with Crippen LogP contribution in [0.25, 0.3) is 0 Å². The molecule has 98 valence electrons. The molecule has 1 aliphatic heterocycles. The molecule has 0 radical (unpaired) electrons. The first-order valence-corrected chi connectivity index (χ1v) is 6.05. The maximum absolute atomic E-state index is 11.8. The summed E-state index contributed by atoms with van der Waals surface area (Å²) in [5.41, 5.74) is -0.196. The molecule has 0 aromatic carbocycles. The van der Waals surface area contributed by atoms with E-state index in [2.05, 4.69) is 20.6 Å². The van der Waals surface area contributed by atoms with Gasteiger partial charge in [-0.15, -0.1) is 0 Å². The first kappa shape index (κ1) is 12.6. The Labute approximate surface area is 107 Å². The Morgan fingerprint density at radius 2 is 1.94 bits per heavy atom. The molecule has 2 rings (SSSR count). The number of carbonyl (C=O) groups excluding carboxylic acids is 1. The van der Waals surface area contributed by atoms with Crippen LogP contribution in [0.5, 0.6) is 0 Å². The highest BCUT2D eigenvalue weighted by molar-refractivity contribution is 5.76. The number of amides is 2. The maximum atomic E-state index is 11.8. The van der Waals surface area contributed by atoms with E-state index in [1.54, 1.807) is 23.4 Å². The minimum atomic E-state index is -0.196. The van der Waals surface area contributed by atoms with Crippen LogP contribution in [-0.4, -0.2) is 45.6 Å². The lowest BCUT2D eigenvalue weighted by molar-refractivity contribution is 0.150. The molecule has 0 spiro atoms. The van der Waals surface area contributed by atoms with Crippen molar-refractivity contribution in [2.45, 2.75) is 32.4 Å². The summed E-state index contributed by atoms with van der Waals surface area (Å²) in [5, 5.41) is 6.12. The fraction of sp³-hybridized carbons (Fsp3) is 0.583. The smallest absolute Gasteiger partial charge is 0.317 e. The number of nitrogens with one attached hydrogen (secondary N) is 2. The number of hydrogen-bond acceptors (Lipinski definition) is 4. The molecular formula is C12H19N5O. The normalized spacial score (nSPS) is 16.1. The summed E-state index contributed by atoms with van der Waals surface area (Å²) in [7, 11) is 0. The van der Waals surface area contributed by atoms with Crippen LogP contribution in [0.15, 0.2) is 18.5 Å². The quantitative estimate of drug-likeness (QED) is 0.823. The standard InChI is InChI=1S/C12H19N5O/c1-12(2,3)16-11(18)17-7-9(8-17)15-10-13-5-4-6-14-10/h4-6,9H,7-8H2,1-3H3,(H,16,18)(H,13,14,15). The summed E-state index contributed by atoms with van der Waals surface area (Å²) >= 11 is 0. The van der Waals surface area contributed by atoms with Gasteiger partial charge in [-0.25, -0.2) is 14.8 Å². The highest BCUT2D eigenvalue weighted by atomic mass is 16.2. The lowest BCUT2D eigenvalue weighted by Gasteiger charge is -2.40.